The van der Waals surface area contributed by atoms with E-state index in [1.54, 1.807) is 0 Å². The number of rotatable bonds is 6. The molecule has 0 spiro atoms. The summed E-state index contributed by atoms with van der Waals surface area (Å²) in [6.07, 6.45) is 3.44. The summed E-state index contributed by atoms with van der Waals surface area (Å²) < 4.78 is 0. The quantitative estimate of drug-likeness (QED) is 0.838. The van der Waals surface area contributed by atoms with Gasteiger partial charge in [-0.3, -0.25) is 0 Å². The number of piperidine rings is 1. The lowest BCUT2D eigenvalue weighted by molar-refractivity contribution is 0.226. The number of nitrogens with one attached hydrogen (secondary N) is 2. The molecule has 2 N–H and O–H groups in total. The van der Waals surface area contributed by atoms with Gasteiger partial charge in [0, 0.05) is 13.1 Å². The molecule has 1 aromatic heterocycles. The Labute approximate surface area is 125 Å². The van der Waals surface area contributed by atoms with Crippen molar-refractivity contribution in [2.45, 2.75) is 26.2 Å². The number of hydrogen-bond acceptors (Lipinski definition) is 6. The molecular weight excluding hydrogens is 276 g/mol. The van der Waals surface area contributed by atoms with Crippen molar-refractivity contribution in [3.63, 3.8) is 0 Å². The molecule has 0 aromatic carbocycles. The highest BCUT2D eigenvalue weighted by Crippen LogP contribution is 2.17. The van der Waals surface area contributed by atoms with Crippen LogP contribution in [-0.4, -0.2) is 53.1 Å². The number of hydrogen-bond donors (Lipinski definition) is 2. The SMILES string of the molecule is CCCNc1nc(Cl)nc(NCC2CCN(C)CC2)n1. The van der Waals surface area contributed by atoms with Crippen molar-refractivity contribution in [1.82, 2.24) is 19.9 Å². The average Bonchev–Trinajstić information content (AvgIpc) is 2.44. The molecule has 0 aliphatic carbocycles. The number of likely N-dealkylation sites (tertiary alicyclic amines) is 1. The minimum absolute atomic E-state index is 0.226. The topological polar surface area (TPSA) is 66.0 Å². The van der Waals surface area contributed by atoms with Crippen LogP contribution >= 0.6 is 11.6 Å². The number of anilines is 2. The summed E-state index contributed by atoms with van der Waals surface area (Å²) in [5, 5.41) is 6.63. The Balaban J connectivity index is 1.87. The van der Waals surface area contributed by atoms with Crippen molar-refractivity contribution in [2.75, 3.05) is 43.9 Å². The van der Waals surface area contributed by atoms with Crippen LogP contribution in [0.3, 0.4) is 0 Å². The van der Waals surface area contributed by atoms with Crippen LogP contribution in [0, 0.1) is 5.92 Å². The highest BCUT2D eigenvalue weighted by atomic mass is 35.5. The maximum Gasteiger partial charge on any atom is 0.228 e. The molecule has 1 aromatic rings. The summed E-state index contributed by atoms with van der Waals surface area (Å²) in [5.74, 6) is 1.77. The molecule has 0 amide bonds. The van der Waals surface area contributed by atoms with Gasteiger partial charge in [0.05, 0.1) is 0 Å². The zero-order valence-electron chi connectivity index (χ0n) is 12.2. The van der Waals surface area contributed by atoms with Crippen molar-refractivity contribution in [2.24, 2.45) is 5.92 Å². The number of halogens is 1. The third kappa shape index (κ3) is 4.76. The minimum atomic E-state index is 0.226. The predicted octanol–water partition coefficient (Wildman–Crippen LogP) is 2.10. The van der Waals surface area contributed by atoms with E-state index in [1.807, 2.05) is 0 Å². The van der Waals surface area contributed by atoms with Crippen molar-refractivity contribution in [1.29, 1.82) is 0 Å². The second kappa shape index (κ2) is 7.59. The summed E-state index contributed by atoms with van der Waals surface area (Å²) in [4.78, 5) is 14.9. The minimum Gasteiger partial charge on any atom is -0.354 e. The van der Waals surface area contributed by atoms with E-state index in [0.29, 0.717) is 17.8 Å². The first-order chi connectivity index (χ1) is 9.67. The van der Waals surface area contributed by atoms with Crippen molar-refractivity contribution in [3.8, 4) is 0 Å². The van der Waals surface area contributed by atoms with Crippen LogP contribution in [0.5, 0.6) is 0 Å². The fourth-order valence-corrected chi connectivity index (χ4v) is 2.41. The Morgan fingerprint density at radius 3 is 2.45 bits per heavy atom. The van der Waals surface area contributed by atoms with Gasteiger partial charge >= 0.3 is 0 Å². The Bertz CT molecular complexity index is 419. The molecule has 0 saturated carbocycles. The molecule has 6 nitrogen and oxygen atoms in total. The van der Waals surface area contributed by atoms with Crippen LogP contribution in [0.25, 0.3) is 0 Å². The smallest absolute Gasteiger partial charge is 0.228 e. The molecule has 1 saturated heterocycles. The standard InChI is InChI=1S/C13H23ClN6/c1-3-6-15-12-17-11(14)18-13(19-12)16-9-10-4-7-20(2)8-5-10/h10H,3-9H2,1-2H3,(H2,15,16,17,18,19). The summed E-state index contributed by atoms with van der Waals surface area (Å²) in [7, 11) is 2.17. The maximum absolute atomic E-state index is 5.92. The molecule has 0 atom stereocenters. The first kappa shape index (κ1) is 15.3. The van der Waals surface area contributed by atoms with Crippen LogP contribution in [0.15, 0.2) is 0 Å². The molecular formula is C13H23ClN6. The maximum atomic E-state index is 5.92. The van der Waals surface area contributed by atoms with Gasteiger partial charge in [-0.2, -0.15) is 15.0 Å². The summed E-state index contributed by atoms with van der Waals surface area (Å²) >= 11 is 5.92. The first-order valence-electron chi connectivity index (χ1n) is 7.25. The molecule has 2 heterocycles. The first-order valence-corrected chi connectivity index (χ1v) is 7.63. The fraction of sp³-hybridized carbons (Fsp3) is 0.769. The molecule has 2 rings (SSSR count). The van der Waals surface area contributed by atoms with E-state index in [4.69, 9.17) is 11.6 Å². The Morgan fingerprint density at radius 1 is 1.15 bits per heavy atom. The molecule has 0 radical (unpaired) electrons. The molecule has 1 fully saturated rings. The van der Waals surface area contributed by atoms with Gasteiger partial charge in [-0.05, 0) is 56.9 Å². The molecule has 112 valence electrons. The second-order valence-corrected chi connectivity index (χ2v) is 5.64. The highest BCUT2D eigenvalue weighted by Gasteiger charge is 2.16. The zero-order chi connectivity index (χ0) is 14.4. The normalized spacial score (nSPS) is 17.1. The number of nitrogens with zero attached hydrogens (tertiary/aromatic N) is 4. The van der Waals surface area contributed by atoms with Gasteiger partial charge in [0.25, 0.3) is 0 Å². The second-order valence-electron chi connectivity index (χ2n) is 5.31. The van der Waals surface area contributed by atoms with Gasteiger partial charge in [0.2, 0.25) is 17.2 Å². The lowest BCUT2D eigenvalue weighted by Gasteiger charge is -2.28. The lowest BCUT2D eigenvalue weighted by atomic mass is 9.97. The van der Waals surface area contributed by atoms with Crippen LogP contribution in [0.1, 0.15) is 26.2 Å². The van der Waals surface area contributed by atoms with Gasteiger partial charge in [-0.25, -0.2) is 0 Å². The predicted molar refractivity (Wildman–Crippen MR) is 82.3 cm³/mol. The molecule has 1 aliphatic rings. The van der Waals surface area contributed by atoms with Crippen LogP contribution in [-0.2, 0) is 0 Å². The Kier molecular flexibility index (Phi) is 5.79. The van der Waals surface area contributed by atoms with Gasteiger partial charge < -0.3 is 15.5 Å². The van der Waals surface area contributed by atoms with Gasteiger partial charge in [0.15, 0.2) is 0 Å². The van der Waals surface area contributed by atoms with Crippen LogP contribution in [0.2, 0.25) is 5.28 Å². The van der Waals surface area contributed by atoms with E-state index < -0.39 is 0 Å². The summed E-state index contributed by atoms with van der Waals surface area (Å²) in [5.41, 5.74) is 0. The third-order valence-corrected chi connectivity index (χ3v) is 3.70. The fourth-order valence-electron chi connectivity index (χ4n) is 2.25. The lowest BCUT2D eigenvalue weighted by Crippen LogP contribution is -2.33. The van der Waals surface area contributed by atoms with Gasteiger partial charge in [-0.15, -0.1) is 0 Å². The van der Waals surface area contributed by atoms with E-state index in [1.165, 1.54) is 12.8 Å². The third-order valence-electron chi connectivity index (χ3n) is 3.53. The van der Waals surface area contributed by atoms with E-state index in [2.05, 4.69) is 44.5 Å². The van der Waals surface area contributed by atoms with E-state index >= 15 is 0 Å². The van der Waals surface area contributed by atoms with Gasteiger partial charge in [0.1, 0.15) is 0 Å². The van der Waals surface area contributed by atoms with Crippen molar-refractivity contribution >= 4 is 23.5 Å². The molecule has 7 heteroatoms. The van der Waals surface area contributed by atoms with Crippen LogP contribution < -0.4 is 10.6 Å². The van der Waals surface area contributed by atoms with E-state index in [9.17, 15) is 0 Å². The van der Waals surface area contributed by atoms with Crippen molar-refractivity contribution < 1.29 is 0 Å². The molecule has 1 aliphatic heterocycles. The van der Waals surface area contributed by atoms with Crippen LogP contribution in [0.4, 0.5) is 11.9 Å². The average molecular weight is 299 g/mol. The monoisotopic (exact) mass is 298 g/mol. The summed E-state index contributed by atoms with van der Waals surface area (Å²) in [6, 6.07) is 0. The van der Waals surface area contributed by atoms with E-state index in [0.717, 1.165) is 32.6 Å². The summed E-state index contributed by atoms with van der Waals surface area (Å²) in [6.45, 7) is 6.13. The number of aromatic nitrogens is 3. The van der Waals surface area contributed by atoms with Crippen molar-refractivity contribution in [3.05, 3.63) is 5.28 Å². The molecule has 0 bridgehead atoms. The largest absolute Gasteiger partial charge is 0.354 e. The highest BCUT2D eigenvalue weighted by molar-refractivity contribution is 6.28. The van der Waals surface area contributed by atoms with E-state index in [-0.39, 0.29) is 5.28 Å². The zero-order valence-corrected chi connectivity index (χ0v) is 12.9. The molecule has 0 unspecified atom stereocenters. The Hall–Kier alpha value is -1.14. The molecule has 20 heavy (non-hydrogen) atoms. The van der Waals surface area contributed by atoms with Gasteiger partial charge in [-0.1, -0.05) is 6.92 Å². The Morgan fingerprint density at radius 2 is 1.80 bits per heavy atom.